The number of sulfonamides is 1. The van der Waals surface area contributed by atoms with Gasteiger partial charge in [-0.1, -0.05) is 48.9 Å². The molecule has 2 amide bonds. The minimum atomic E-state index is -3.75. The Labute approximate surface area is 204 Å². The van der Waals surface area contributed by atoms with Gasteiger partial charge in [0.1, 0.15) is 12.6 Å². The molecule has 1 N–H and O–H groups in total. The summed E-state index contributed by atoms with van der Waals surface area (Å²) in [7, 11) is -3.75. The number of carbonyl (C=O) groups excluding carboxylic acids is 2. The SMILES string of the molecule is CC[C@@H](C(=O)NC(C)C)N(Cc1ccccc1C)C(=O)CN(c1ccc(C)cc1C)S(C)(=O)=O. The minimum Gasteiger partial charge on any atom is -0.352 e. The largest absolute Gasteiger partial charge is 0.352 e. The Morgan fingerprint density at radius 1 is 1.00 bits per heavy atom. The number of benzene rings is 2. The summed E-state index contributed by atoms with van der Waals surface area (Å²) in [6.07, 6.45) is 1.49. The zero-order valence-corrected chi connectivity index (χ0v) is 22.1. The molecule has 0 unspecified atom stereocenters. The summed E-state index contributed by atoms with van der Waals surface area (Å²) in [5, 5.41) is 2.90. The monoisotopic (exact) mass is 487 g/mol. The van der Waals surface area contributed by atoms with Crippen LogP contribution in [0.1, 0.15) is 49.4 Å². The Morgan fingerprint density at radius 3 is 2.18 bits per heavy atom. The topological polar surface area (TPSA) is 86.8 Å². The van der Waals surface area contributed by atoms with Gasteiger partial charge in [-0.25, -0.2) is 8.42 Å². The molecule has 0 radical (unpaired) electrons. The van der Waals surface area contributed by atoms with E-state index in [0.29, 0.717) is 12.1 Å². The normalized spacial score (nSPS) is 12.4. The number of aryl methyl sites for hydroxylation is 3. The molecule has 7 nitrogen and oxygen atoms in total. The molecule has 0 heterocycles. The molecule has 0 aliphatic heterocycles. The molecular weight excluding hydrogens is 450 g/mol. The van der Waals surface area contributed by atoms with Crippen molar-refractivity contribution in [3.8, 4) is 0 Å². The van der Waals surface area contributed by atoms with Crippen LogP contribution in [0.4, 0.5) is 5.69 Å². The van der Waals surface area contributed by atoms with E-state index in [2.05, 4.69) is 5.32 Å². The fraction of sp³-hybridized carbons (Fsp3) is 0.462. The number of anilines is 1. The summed E-state index contributed by atoms with van der Waals surface area (Å²) in [6.45, 7) is 11.1. The van der Waals surface area contributed by atoms with Gasteiger partial charge in [-0.2, -0.15) is 0 Å². The average molecular weight is 488 g/mol. The molecule has 8 heteroatoms. The molecule has 186 valence electrons. The van der Waals surface area contributed by atoms with E-state index in [-0.39, 0.29) is 25.0 Å². The molecule has 2 rings (SSSR count). The molecule has 0 bridgehead atoms. The van der Waals surface area contributed by atoms with Gasteiger partial charge in [0.05, 0.1) is 11.9 Å². The number of rotatable bonds is 10. The zero-order chi connectivity index (χ0) is 25.6. The van der Waals surface area contributed by atoms with Gasteiger partial charge in [0.2, 0.25) is 21.8 Å². The van der Waals surface area contributed by atoms with Crippen LogP contribution in [-0.2, 0) is 26.2 Å². The van der Waals surface area contributed by atoms with Crippen LogP contribution in [0, 0.1) is 20.8 Å². The number of amides is 2. The maximum Gasteiger partial charge on any atom is 0.244 e. The second-order valence-electron chi connectivity index (χ2n) is 9.10. The quantitative estimate of drug-likeness (QED) is 0.554. The van der Waals surface area contributed by atoms with E-state index < -0.39 is 22.0 Å². The van der Waals surface area contributed by atoms with Crippen molar-refractivity contribution in [2.45, 2.75) is 66.6 Å². The third-order valence-corrected chi connectivity index (χ3v) is 6.85. The van der Waals surface area contributed by atoms with Gasteiger partial charge < -0.3 is 10.2 Å². The highest BCUT2D eigenvalue weighted by atomic mass is 32.2. The van der Waals surface area contributed by atoms with Crippen molar-refractivity contribution in [2.75, 3.05) is 17.1 Å². The summed E-state index contributed by atoms with van der Waals surface area (Å²) in [4.78, 5) is 28.2. The number of carbonyl (C=O) groups is 2. The summed E-state index contributed by atoms with van der Waals surface area (Å²) in [5.74, 6) is -0.684. The predicted octanol–water partition coefficient (Wildman–Crippen LogP) is 3.71. The minimum absolute atomic E-state index is 0.0836. The standard InChI is InChI=1S/C26H37N3O4S/c1-8-23(26(31)27-18(2)3)28(16-22-12-10-9-11-20(22)5)25(30)17-29(34(7,32)33)24-14-13-19(4)15-21(24)6/h9-15,18,23H,8,16-17H2,1-7H3,(H,27,31)/t23-/m0/s1. The lowest BCUT2D eigenvalue weighted by molar-refractivity contribution is -0.140. The molecular formula is C26H37N3O4S. The predicted molar refractivity (Wildman–Crippen MR) is 137 cm³/mol. The molecule has 34 heavy (non-hydrogen) atoms. The van der Waals surface area contributed by atoms with Crippen LogP contribution in [0.2, 0.25) is 0 Å². The van der Waals surface area contributed by atoms with Crippen molar-refractivity contribution < 1.29 is 18.0 Å². The summed E-state index contributed by atoms with van der Waals surface area (Å²) in [6, 6.07) is 12.3. The van der Waals surface area contributed by atoms with Gasteiger partial charge in [0.25, 0.3) is 0 Å². The first kappa shape index (κ1) is 27.4. The Morgan fingerprint density at radius 2 is 1.65 bits per heavy atom. The first-order chi connectivity index (χ1) is 15.8. The van der Waals surface area contributed by atoms with E-state index >= 15 is 0 Å². The van der Waals surface area contributed by atoms with Crippen LogP contribution in [0.15, 0.2) is 42.5 Å². The number of nitrogens with one attached hydrogen (secondary N) is 1. The number of nitrogens with zero attached hydrogens (tertiary/aromatic N) is 2. The Hall–Kier alpha value is -2.87. The molecule has 0 aliphatic rings. The van der Waals surface area contributed by atoms with Crippen LogP contribution in [0.5, 0.6) is 0 Å². The van der Waals surface area contributed by atoms with Crippen LogP contribution < -0.4 is 9.62 Å². The summed E-state index contributed by atoms with van der Waals surface area (Å²) >= 11 is 0. The molecule has 0 spiro atoms. The highest BCUT2D eigenvalue weighted by Gasteiger charge is 2.32. The molecule has 0 aromatic heterocycles. The second-order valence-corrected chi connectivity index (χ2v) is 11.0. The van der Waals surface area contributed by atoms with Crippen molar-refractivity contribution in [3.05, 3.63) is 64.7 Å². The summed E-state index contributed by atoms with van der Waals surface area (Å²) in [5.41, 5.74) is 4.11. The van der Waals surface area contributed by atoms with E-state index in [0.717, 1.165) is 32.8 Å². The van der Waals surface area contributed by atoms with E-state index in [9.17, 15) is 18.0 Å². The van der Waals surface area contributed by atoms with Crippen LogP contribution in [0.25, 0.3) is 0 Å². The van der Waals surface area contributed by atoms with Gasteiger partial charge in [-0.3, -0.25) is 13.9 Å². The molecule has 0 saturated heterocycles. The van der Waals surface area contributed by atoms with Crippen LogP contribution in [-0.4, -0.2) is 50.0 Å². The van der Waals surface area contributed by atoms with E-state index in [1.807, 2.05) is 77.9 Å². The van der Waals surface area contributed by atoms with Crippen molar-refractivity contribution in [2.24, 2.45) is 0 Å². The van der Waals surface area contributed by atoms with E-state index in [1.54, 1.807) is 6.07 Å². The van der Waals surface area contributed by atoms with E-state index in [1.165, 1.54) is 4.90 Å². The van der Waals surface area contributed by atoms with Crippen molar-refractivity contribution in [1.29, 1.82) is 0 Å². The zero-order valence-electron chi connectivity index (χ0n) is 21.3. The van der Waals surface area contributed by atoms with Gasteiger partial charge in [0.15, 0.2) is 0 Å². The van der Waals surface area contributed by atoms with Gasteiger partial charge in [-0.05, 0) is 63.8 Å². The third-order valence-electron chi connectivity index (χ3n) is 5.72. The van der Waals surface area contributed by atoms with Crippen molar-refractivity contribution in [1.82, 2.24) is 10.2 Å². The number of hydrogen-bond acceptors (Lipinski definition) is 4. The molecule has 0 fully saturated rings. The van der Waals surface area contributed by atoms with E-state index in [4.69, 9.17) is 0 Å². The van der Waals surface area contributed by atoms with Crippen LogP contribution >= 0.6 is 0 Å². The first-order valence-corrected chi connectivity index (χ1v) is 13.4. The maximum atomic E-state index is 13.7. The second kappa shape index (κ2) is 11.5. The molecule has 0 saturated carbocycles. The third kappa shape index (κ3) is 7.06. The Bertz CT molecular complexity index is 1130. The lowest BCUT2D eigenvalue weighted by atomic mass is 10.1. The summed E-state index contributed by atoms with van der Waals surface area (Å²) < 4.78 is 26.6. The van der Waals surface area contributed by atoms with Gasteiger partial charge >= 0.3 is 0 Å². The van der Waals surface area contributed by atoms with Gasteiger partial charge in [-0.15, -0.1) is 0 Å². The fourth-order valence-electron chi connectivity index (χ4n) is 3.95. The molecule has 1 atom stereocenters. The van der Waals surface area contributed by atoms with Crippen LogP contribution in [0.3, 0.4) is 0 Å². The van der Waals surface area contributed by atoms with Gasteiger partial charge in [0, 0.05) is 12.6 Å². The van der Waals surface area contributed by atoms with Crippen molar-refractivity contribution in [3.63, 3.8) is 0 Å². The lowest BCUT2D eigenvalue weighted by Gasteiger charge is -2.33. The first-order valence-electron chi connectivity index (χ1n) is 11.5. The smallest absolute Gasteiger partial charge is 0.244 e. The Balaban J connectivity index is 2.49. The fourth-order valence-corrected chi connectivity index (χ4v) is 4.86. The molecule has 0 aliphatic carbocycles. The van der Waals surface area contributed by atoms with Crippen molar-refractivity contribution >= 4 is 27.5 Å². The lowest BCUT2D eigenvalue weighted by Crippen LogP contribution is -2.53. The molecule has 2 aromatic carbocycles. The number of hydrogen-bond donors (Lipinski definition) is 1. The Kier molecular flexibility index (Phi) is 9.27. The highest BCUT2D eigenvalue weighted by molar-refractivity contribution is 7.92. The maximum absolute atomic E-state index is 13.7. The average Bonchev–Trinajstić information content (AvgIpc) is 2.72. The molecule has 2 aromatic rings. The highest BCUT2D eigenvalue weighted by Crippen LogP contribution is 2.24.